The van der Waals surface area contributed by atoms with Gasteiger partial charge in [0.2, 0.25) is 5.95 Å². The summed E-state index contributed by atoms with van der Waals surface area (Å²) >= 11 is 0. The van der Waals surface area contributed by atoms with Crippen molar-refractivity contribution in [3.05, 3.63) is 24.1 Å². The van der Waals surface area contributed by atoms with Gasteiger partial charge in [-0.25, -0.2) is 4.98 Å². The minimum atomic E-state index is -3.93. The number of aliphatic carboxylic acids is 1. The van der Waals surface area contributed by atoms with Crippen molar-refractivity contribution in [2.24, 2.45) is 0 Å². The normalized spacial score (nSPS) is 11.5. The van der Waals surface area contributed by atoms with Gasteiger partial charge in [0, 0.05) is 13.6 Å². The molecule has 0 aliphatic carbocycles. The van der Waals surface area contributed by atoms with Crippen LogP contribution in [0.3, 0.4) is 0 Å². The molecule has 2 N–H and O–H groups in total. The fraction of sp³-hybridized carbons (Fsp3) is 0.333. The summed E-state index contributed by atoms with van der Waals surface area (Å²) in [5, 5.41) is 8.45. The molecule has 0 saturated heterocycles. The number of anilines is 1. The number of carbonyl (C=O) groups is 1. The van der Waals surface area contributed by atoms with Gasteiger partial charge >= 0.3 is 16.2 Å². The van der Waals surface area contributed by atoms with Crippen molar-refractivity contribution >= 4 is 22.0 Å². The lowest BCUT2D eigenvalue weighted by Gasteiger charge is -2.16. The molecule has 0 fully saturated rings. The van der Waals surface area contributed by atoms with Crippen molar-refractivity contribution in [1.29, 1.82) is 0 Å². The van der Waals surface area contributed by atoms with Gasteiger partial charge in [0.25, 0.3) is 0 Å². The Bertz CT molecular complexity index is 534. The van der Waals surface area contributed by atoms with E-state index in [9.17, 15) is 17.6 Å². The molecule has 7 nitrogen and oxygen atoms in total. The summed E-state index contributed by atoms with van der Waals surface area (Å²) in [5.41, 5.74) is 0. The third-order valence-electron chi connectivity index (χ3n) is 2.00. The molecule has 100 valence electrons. The molecule has 0 radical (unpaired) electrons. The molecule has 0 unspecified atom stereocenters. The van der Waals surface area contributed by atoms with E-state index in [1.807, 2.05) is 4.72 Å². The second-order valence-electron chi connectivity index (χ2n) is 3.42. The third kappa shape index (κ3) is 4.26. The van der Waals surface area contributed by atoms with Crippen molar-refractivity contribution < 1.29 is 22.7 Å². The van der Waals surface area contributed by atoms with Crippen molar-refractivity contribution in [2.75, 3.05) is 18.3 Å². The van der Waals surface area contributed by atoms with Crippen LogP contribution in [0.2, 0.25) is 0 Å². The molecule has 1 aromatic rings. The molecule has 0 amide bonds. The van der Waals surface area contributed by atoms with E-state index in [-0.39, 0.29) is 18.8 Å². The first-order valence-corrected chi connectivity index (χ1v) is 6.34. The maximum atomic E-state index is 12.8. The maximum Gasteiger partial charge on any atom is 0.304 e. The summed E-state index contributed by atoms with van der Waals surface area (Å²) < 4.78 is 39.0. The van der Waals surface area contributed by atoms with E-state index >= 15 is 0 Å². The quantitative estimate of drug-likeness (QED) is 0.728. The second kappa shape index (κ2) is 5.74. The number of nitrogens with zero attached hydrogens (tertiary/aromatic N) is 2. The Hall–Kier alpha value is -1.74. The van der Waals surface area contributed by atoms with Gasteiger partial charge in [0.15, 0.2) is 0 Å². The monoisotopic (exact) mass is 277 g/mol. The van der Waals surface area contributed by atoms with Crippen molar-refractivity contribution in [2.45, 2.75) is 6.42 Å². The van der Waals surface area contributed by atoms with Gasteiger partial charge in [0.05, 0.1) is 6.42 Å². The molecule has 18 heavy (non-hydrogen) atoms. The van der Waals surface area contributed by atoms with E-state index < -0.39 is 22.1 Å². The molecule has 1 rings (SSSR count). The first-order valence-electron chi connectivity index (χ1n) is 4.89. The summed E-state index contributed by atoms with van der Waals surface area (Å²) in [6, 6.07) is 3.66. The number of pyridine rings is 1. The number of rotatable bonds is 6. The summed E-state index contributed by atoms with van der Waals surface area (Å²) in [7, 11) is -2.72. The van der Waals surface area contributed by atoms with Crippen LogP contribution in [0, 0.1) is 5.95 Å². The minimum Gasteiger partial charge on any atom is -0.481 e. The zero-order chi connectivity index (χ0) is 13.8. The van der Waals surface area contributed by atoms with E-state index in [1.165, 1.54) is 19.2 Å². The number of hydrogen-bond donors (Lipinski definition) is 2. The molecule has 1 heterocycles. The van der Waals surface area contributed by atoms with Crippen molar-refractivity contribution in [1.82, 2.24) is 9.29 Å². The Morgan fingerprint density at radius 3 is 2.78 bits per heavy atom. The molecule has 0 saturated carbocycles. The Morgan fingerprint density at radius 1 is 1.56 bits per heavy atom. The SMILES string of the molecule is CN(CCC(=O)O)S(=O)(=O)Nc1cccc(F)n1. The number of hydrogen-bond acceptors (Lipinski definition) is 4. The van der Waals surface area contributed by atoms with Crippen LogP contribution < -0.4 is 4.72 Å². The van der Waals surface area contributed by atoms with Crippen LogP contribution in [0.5, 0.6) is 0 Å². The van der Waals surface area contributed by atoms with E-state index in [0.29, 0.717) is 0 Å². The predicted molar refractivity (Wildman–Crippen MR) is 61.6 cm³/mol. The third-order valence-corrected chi connectivity index (χ3v) is 3.47. The highest BCUT2D eigenvalue weighted by Gasteiger charge is 2.18. The molecule has 0 aromatic carbocycles. The highest BCUT2D eigenvalue weighted by molar-refractivity contribution is 7.90. The summed E-state index contributed by atoms with van der Waals surface area (Å²) in [4.78, 5) is 13.7. The molecule has 0 atom stereocenters. The van der Waals surface area contributed by atoms with Gasteiger partial charge in [0.1, 0.15) is 5.82 Å². The van der Waals surface area contributed by atoms with Gasteiger partial charge in [-0.05, 0) is 12.1 Å². The van der Waals surface area contributed by atoms with Crippen LogP contribution in [-0.4, -0.2) is 42.4 Å². The van der Waals surface area contributed by atoms with E-state index in [4.69, 9.17) is 5.11 Å². The maximum absolute atomic E-state index is 12.8. The fourth-order valence-corrected chi connectivity index (χ4v) is 1.91. The Labute approximate surface area is 103 Å². The molecular formula is C9H12FN3O4S. The number of halogens is 1. The van der Waals surface area contributed by atoms with Gasteiger partial charge < -0.3 is 5.11 Å². The molecule has 0 bridgehead atoms. The van der Waals surface area contributed by atoms with Gasteiger partial charge in [-0.3, -0.25) is 9.52 Å². The molecule has 0 aliphatic heterocycles. The van der Waals surface area contributed by atoms with Crippen LogP contribution >= 0.6 is 0 Å². The van der Waals surface area contributed by atoms with Gasteiger partial charge in [-0.15, -0.1) is 0 Å². The standard InChI is InChI=1S/C9H12FN3O4S/c1-13(6-5-9(14)15)18(16,17)12-8-4-2-3-7(10)11-8/h2-4H,5-6H2,1H3,(H,11,12)(H,14,15). The Balaban J connectivity index is 2.72. The Kier molecular flexibility index (Phi) is 4.56. The van der Waals surface area contributed by atoms with Crippen LogP contribution in [0.25, 0.3) is 0 Å². The Morgan fingerprint density at radius 2 is 2.22 bits per heavy atom. The average Bonchev–Trinajstić information content (AvgIpc) is 2.25. The first kappa shape index (κ1) is 14.3. The van der Waals surface area contributed by atoms with E-state index in [0.717, 1.165) is 10.4 Å². The van der Waals surface area contributed by atoms with Crippen LogP contribution in [0.15, 0.2) is 18.2 Å². The first-order chi connectivity index (χ1) is 8.31. The number of carboxylic acid groups (broad SMARTS) is 1. The smallest absolute Gasteiger partial charge is 0.304 e. The molecule has 0 spiro atoms. The van der Waals surface area contributed by atoms with E-state index in [2.05, 4.69) is 4.98 Å². The fourth-order valence-electron chi connectivity index (χ4n) is 1.05. The largest absolute Gasteiger partial charge is 0.481 e. The lowest BCUT2D eigenvalue weighted by atomic mass is 10.4. The molecular weight excluding hydrogens is 265 g/mol. The second-order valence-corrected chi connectivity index (χ2v) is 5.20. The summed E-state index contributed by atoms with van der Waals surface area (Å²) in [6.07, 6.45) is -0.325. The predicted octanol–water partition coefficient (Wildman–Crippen LogP) is 0.284. The van der Waals surface area contributed by atoms with Gasteiger partial charge in [-0.1, -0.05) is 6.07 Å². The average molecular weight is 277 g/mol. The zero-order valence-corrected chi connectivity index (χ0v) is 10.3. The molecule has 1 aromatic heterocycles. The van der Waals surface area contributed by atoms with Crippen molar-refractivity contribution in [3.63, 3.8) is 0 Å². The summed E-state index contributed by atoms with van der Waals surface area (Å²) in [6.45, 7) is -0.194. The molecule has 0 aliphatic rings. The lowest BCUT2D eigenvalue weighted by molar-refractivity contribution is -0.137. The molecule has 9 heteroatoms. The topological polar surface area (TPSA) is 99.6 Å². The summed E-state index contributed by atoms with van der Waals surface area (Å²) in [5.74, 6) is -2.10. The number of nitrogens with one attached hydrogen (secondary N) is 1. The highest BCUT2D eigenvalue weighted by atomic mass is 32.2. The zero-order valence-electron chi connectivity index (χ0n) is 9.50. The van der Waals surface area contributed by atoms with Crippen LogP contribution in [0.4, 0.5) is 10.2 Å². The van der Waals surface area contributed by atoms with Crippen LogP contribution in [-0.2, 0) is 15.0 Å². The lowest BCUT2D eigenvalue weighted by Crippen LogP contribution is -2.34. The minimum absolute atomic E-state index is 0.169. The van der Waals surface area contributed by atoms with Gasteiger partial charge in [-0.2, -0.15) is 17.1 Å². The van der Waals surface area contributed by atoms with E-state index in [1.54, 1.807) is 0 Å². The highest BCUT2D eigenvalue weighted by Crippen LogP contribution is 2.08. The number of aromatic nitrogens is 1. The van der Waals surface area contributed by atoms with Crippen LogP contribution in [0.1, 0.15) is 6.42 Å². The van der Waals surface area contributed by atoms with Crippen molar-refractivity contribution in [3.8, 4) is 0 Å². The number of carboxylic acids is 1.